The summed E-state index contributed by atoms with van der Waals surface area (Å²) in [6.45, 7) is 2.67. The summed E-state index contributed by atoms with van der Waals surface area (Å²) in [7, 11) is 1.62. The molecule has 0 aliphatic rings. The summed E-state index contributed by atoms with van der Waals surface area (Å²) in [6, 6.07) is 7.74. The first-order chi connectivity index (χ1) is 9.30. The van der Waals surface area contributed by atoms with E-state index in [-0.39, 0.29) is 6.04 Å². The van der Waals surface area contributed by atoms with E-state index in [1.165, 1.54) is 0 Å². The Hall–Kier alpha value is -1.99. The molecular formula is C15H19NO3. The van der Waals surface area contributed by atoms with Gasteiger partial charge >= 0.3 is 0 Å². The highest BCUT2D eigenvalue weighted by Gasteiger charge is 2.08. The molecule has 1 N–H and O–H groups in total. The van der Waals surface area contributed by atoms with Crippen molar-refractivity contribution in [2.75, 3.05) is 20.3 Å². The normalized spacial score (nSPS) is 11.1. The smallest absolute Gasteiger partial charge is 0.207 e. The molecule has 0 heterocycles. The van der Waals surface area contributed by atoms with Crippen molar-refractivity contribution in [2.24, 2.45) is 0 Å². The zero-order chi connectivity index (χ0) is 13.9. The number of amides is 1. The monoisotopic (exact) mass is 261 g/mol. The van der Waals surface area contributed by atoms with Gasteiger partial charge < -0.3 is 14.8 Å². The van der Waals surface area contributed by atoms with Gasteiger partial charge in [0.1, 0.15) is 12.4 Å². The molecule has 1 aromatic carbocycles. The van der Waals surface area contributed by atoms with Crippen LogP contribution in [0.15, 0.2) is 24.3 Å². The highest BCUT2D eigenvalue weighted by Crippen LogP contribution is 2.13. The van der Waals surface area contributed by atoms with E-state index in [2.05, 4.69) is 17.2 Å². The fourth-order valence-electron chi connectivity index (χ4n) is 1.66. The fourth-order valence-corrected chi connectivity index (χ4v) is 1.66. The van der Waals surface area contributed by atoms with Crippen molar-refractivity contribution in [2.45, 2.75) is 19.4 Å². The van der Waals surface area contributed by atoms with Gasteiger partial charge in [0.25, 0.3) is 0 Å². The molecule has 0 aromatic heterocycles. The Morgan fingerprint density at radius 1 is 1.37 bits per heavy atom. The first kappa shape index (κ1) is 15.1. The molecule has 0 aliphatic carbocycles. The lowest BCUT2D eigenvalue weighted by atomic mass is 10.1. The van der Waals surface area contributed by atoms with Crippen LogP contribution in [0.3, 0.4) is 0 Å². The molecular weight excluding hydrogens is 242 g/mol. The number of benzene rings is 1. The van der Waals surface area contributed by atoms with E-state index in [0.29, 0.717) is 19.6 Å². The Kier molecular flexibility index (Phi) is 7.14. The van der Waals surface area contributed by atoms with Crippen LogP contribution in [-0.4, -0.2) is 32.8 Å². The topological polar surface area (TPSA) is 47.6 Å². The molecule has 0 bridgehead atoms. The van der Waals surface area contributed by atoms with Crippen LogP contribution in [0.25, 0.3) is 0 Å². The van der Waals surface area contributed by atoms with Gasteiger partial charge in [-0.15, -0.1) is 5.92 Å². The summed E-state index contributed by atoms with van der Waals surface area (Å²) in [4.78, 5) is 10.5. The fraction of sp³-hybridized carbons (Fsp3) is 0.400. The largest absolute Gasteiger partial charge is 0.481 e. The number of carbonyl (C=O) groups is 1. The number of rotatable bonds is 8. The second-order valence-electron chi connectivity index (χ2n) is 4.00. The van der Waals surface area contributed by atoms with Crippen LogP contribution in [0.1, 0.15) is 12.5 Å². The second kappa shape index (κ2) is 9.01. The molecule has 0 saturated heterocycles. The van der Waals surface area contributed by atoms with Crippen LogP contribution in [0, 0.1) is 11.8 Å². The molecule has 0 saturated carbocycles. The predicted octanol–water partition coefficient (Wildman–Crippen LogP) is 1.39. The minimum atomic E-state index is -0.0137. The average molecular weight is 261 g/mol. The van der Waals surface area contributed by atoms with Gasteiger partial charge in [0.05, 0.1) is 12.6 Å². The molecule has 1 aromatic rings. The van der Waals surface area contributed by atoms with Crippen molar-refractivity contribution in [3.05, 3.63) is 29.8 Å². The van der Waals surface area contributed by atoms with Crippen molar-refractivity contribution in [1.29, 1.82) is 0 Å². The van der Waals surface area contributed by atoms with E-state index in [9.17, 15) is 4.79 Å². The molecule has 4 heteroatoms. The molecule has 1 amide bonds. The average Bonchev–Trinajstić information content (AvgIpc) is 2.42. The van der Waals surface area contributed by atoms with E-state index in [1.54, 1.807) is 14.0 Å². The van der Waals surface area contributed by atoms with Crippen LogP contribution in [0.2, 0.25) is 0 Å². The molecule has 1 atom stereocenters. The zero-order valence-corrected chi connectivity index (χ0v) is 11.3. The van der Waals surface area contributed by atoms with Crippen molar-refractivity contribution < 1.29 is 14.3 Å². The number of methoxy groups -OCH3 is 1. The Morgan fingerprint density at radius 2 is 2.11 bits per heavy atom. The molecule has 1 unspecified atom stereocenters. The Morgan fingerprint density at radius 3 is 2.68 bits per heavy atom. The minimum Gasteiger partial charge on any atom is -0.481 e. The standard InChI is InChI=1S/C15H19NO3/c1-3-4-9-19-15-7-5-13(6-8-15)10-14(11-18-2)16-12-17/h5-8,12,14H,9-11H2,1-2H3,(H,16,17). The number of nitrogens with one attached hydrogen (secondary N) is 1. The van der Waals surface area contributed by atoms with Crippen LogP contribution in [-0.2, 0) is 16.0 Å². The van der Waals surface area contributed by atoms with Gasteiger partial charge in [0.15, 0.2) is 0 Å². The number of hydrogen-bond acceptors (Lipinski definition) is 3. The molecule has 0 fully saturated rings. The van der Waals surface area contributed by atoms with Crippen molar-refractivity contribution in [3.8, 4) is 17.6 Å². The highest BCUT2D eigenvalue weighted by atomic mass is 16.5. The predicted molar refractivity (Wildman–Crippen MR) is 74.0 cm³/mol. The van der Waals surface area contributed by atoms with E-state index in [1.807, 2.05) is 24.3 Å². The van der Waals surface area contributed by atoms with Gasteiger partial charge in [-0.2, -0.15) is 0 Å². The number of hydrogen-bond donors (Lipinski definition) is 1. The van der Waals surface area contributed by atoms with E-state index in [0.717, 1.165) is 17.7 Å². The summed E-state index contributed by atoms with van der Waals surface area (Å²) < 4.78 is 10.5. The first-order valence-corrected chi connectivity index (χ1v) is 6.10. The second-order valence-corrected chi connectivity index (χ2v) is 4.00. The molecule has 0 aliphatic heterocycles. The van der Waals surface area contributed by atoms with Gasteiger partial charge in [-0.05, 0) is 31.0 Å². The van der Waals surface area contributed by atoms with Crippen LogP contribution < -0.4 is 10.1 Å². The third-order valence-corrected chi connectivity index (χ3v) is 2.56. The maximum atomic E-state index is 10.5. The maximum Gasteiger partial charge on any atom is 0.207 e. The van der Waals surface area contributed by atoms with E-state index in [4.69, 9.17) is 9.47 Å². The summed E-state index contributed by atoms with van der Waals surface area (Å²) in [5.41, 5.74) is 1.12. The Labute approximate surface area is 114 Å². The zero-order valence-electron chi connectivity index (χ0n) is 11.3. The molecule has 0 radical (unpaired) electrons. The Bertz CT molecular complexity index is 431. The molecule has 19 heavy (non-hydrogen) atoms. The maximum absolute atomic E-state index is 10.5. The third-order valence-electron chi connectivity index (χ3n) is 2.56. The summed E-state index contributed by atoms with van der Waals surface area (Å²) >= 11 is 0. The first-order valence-electron chi connectivity index (χ1n) is 6.10. The van der Waals surface area contributed by atoms with Crippen molar-refractivity contribution >= 4 is 6.41 Å². The van der Waals surface area contributed by atoms with E-state index < -0.39 is 0 Å². The lowest BCUT2D eigenvalue weighted by Crippen LogP contribution is -2.34. The molecule has 1 rings (SSSR count). The van der Waals surface area contributed by atoms with Crippen LogP contribution in [0.5, 0.6) is 5.75 Å². The van der Waals surface area contributed by atoms with Gasteiger partial charge in [-0.1, -0.05) is 18.1 Å². The lowest BCUT2D eigenvalue weighted by Gasteiger charge is -2.15. The number of ether oxygens (including phenoxy) is 2. The SMILES string of the molecule is CC#CCOc1ccc(CC(COC)NC=O)cc1. The quantitative estimate of drug-likeness (QED) is 0.568. The summed E-state index contributed by atoms with van der Waals surface area (Å²) in [5.74, 6) is 6.40. The molecule has 0 spiro atoms. The van der Waals surface area contributed by atoms with Crippen molar-refractivity contribution in [1.82, 2.24) is 5.32 Å². The van der Waals surface area contributed by atoms with Crippen LogP contribution in [0.4, 0.5) is 0 Å². The van der Waals surface area contributed by atoms with E-state index >= 15 is 0 Å². The van der Waals surface area contributed by atoms with Crippen molar-refractivity contribution in [3.63, 3.8) is 0 Å². The molecule has 4 nitrogen and oxygen atoms in total. The van der Waals surface area contributed by atoms with Gasteiger partial charge in [0.2, 0.25) is 6.41 Å². The lowest BCUT2D eigenvalue weighted by molar-refractivity contribution is -0.110. The van der Waals surface area contributed by atoms with Crippen LogP contribution >= 0.6 is 0 Å². The van der Waals surface area contributed by atoms with Gasteiger partial charge in [-0.25, -0.2) is 0 Å². The number of carbonyl (C=O) groups excluding carboxylic acids is 1. The van der Waals surface area contributed by atoms with Gasteiger partial charge in [0, 0.05) is 7.11 Å². The summed E-state index contributed by atoms with van der Waals surface area (Å²) in [6.07, 6.45) is 1.42. The Balaban J connectivity index is 2.53. The third kappa shape index (κ3) is 5.94. The summed E-state index contributed by atoms with van der Waals surface area (Å²) in [5, 5.41) is 2.73. The minimum absolute atomic E-state index is 0.0137. The molecule has 102 valence electrons. The van der Waals surface area contributed by atoms with Gasteiger partial charge in [-0.3, -0.25) is 4.79 Å². The highest BCUT2D eigenvalue weighted by molar-refractivity contribution is 5.46.